The molecule has 5 rings (SSSR count). The number of hydrogen-bond donors (Lipinski definition) is 0. The zero-order chi connectivity index (χ0) is 25.2. The third-order valence-corrected chi connectivity index (χ3v) is 9.29. The summed E-state index contributed by atoms with van der Waals surface area (Å²) in [4.78, 5) is 0. The maximum Gasteiger partial charge on any atom is 0.169 e. The Kier molecular flexibility index (Phi) is 9.02. The Hall–Kier alpha value is -0.240. The molecule has 2 saturated heterocycles. The fourth-order valence-electron chi connectivity index (χ4n) is 7.44. The maximum atomic E-state index is 6.90. The zero-order valence-electron chi connectivity index (χ0n) is 23.4. The monoisotopic (exact) mass is 508 g/mol. The van der Waals surface area contributed by atoms with Crippen molar-refractivity contribution in [1.29, 1.82) is 0 Å². The van der Waals surface area contributed by atoms with Gasteiger partial charge in [-0.2, -0.15) is 0 Å². The molecule has 5 fully saturated rings. The maximum absolute atomic E-state index is 6.90. The first-order chi connectivity index (χ1) is 17.5. The van der Waals surface area contributed by atoms with E-state index in [0.29, 0.717) is 11.8 Å². The van der Waals surface area contributed by atoms with Crippen LogP contribution < -0.4 is 0 Å². The van der Waals surface area contributed by atoms with Crippen molar-refractivity contribution in [2.45, 2.75) is 166 Å². The third kappa shape index (κ3) is 5.70. The molecule has 0 aromatic carbocycles. The molecular weight excluding hydrogens is 456 g/mol. The molecule has 4 unspecified atom stereocenters. The quantitative estimate of drug-likeness (QED) is 0.334. The highest BCUT2D eigenvalue weighted by Crippen LogP contribution is 2.52. The number of rotatable bonds is 10. The fourth-order valence-corrected chi connectivity index (χ4v) is 7.44. The van der Waals surface area contributed by atoms with E-state index in [-0.39, 0.29) is 36.6 Å². The van der Waals surface area contributed by atoms with Crippen LogP contribution in [0.4, 0.5) is 0 Å². The topological polar surface area (TPSA) is 55.4 Å². The van der Waals surface area contributed by atoms with Crippen LogP contribution in [-0.2, 0) is 28.4 Å². The van der Waals surface area contributed by atoms with Crippen molar-refractivity contribution in [2.24, 2.45) is 11.8 Å². The minimum atomic E-state index is -0.498. The minimum absolute atomic E-state index is 0.174. The summed E-state index contributed by atoms with van der Waals surface area (Å²) in [7, 11) is 0. The lowest BCUT2D eigenvalue weighted by Crippen LogP contribution is -2.63. The van der Waals surface area contributed by atoms with E-state index in [1.807, 2.05) is 0 Å². The van der Waals surface area contributed by atoms with E-state index in [1.54, 1.807) is 0 Å². The molecule has 0 aromatic rings. The summed E-state index contributed by atoms with van der Waals surface area (Å²) in [5.74, 6) is 0.0183. The Morgan fingerprint density at radius 1 is 0.583 bits per heavy atom. The van der Waals surface area contributed by atoms with Crippen LogP contribution in [0.2, 0.25) is 0 Å². The van der Waals surface area contributed by atoms with Gasteiger partial charge in [-0.15, -0.1) is 0 Å². The van der Waals surface area contributed by atoms with Gasteiger partial charge in [0.2, 0.25) is 0 Å². The Labute approximate surface area is 219 Å². The van der Waals surface area contributed by atoms with Crippen LogP contribution in [0.25, 0.3) is 0 Å². The van der Waals surface area contributed by atoms with Gasteiger partial charge in [-0.05, 0) is 50.4 Å². The zero-order valence-corrected chi connectivity index (χ0v) is 23.4. The molecule has 36 heavy (non-hydrogen) atoms. The fraction of sp³-hybridized carbons (Fsp3) is 1.00. The molecule has 8 atom stereocenters. The lowest BCUT2D eigenvalue weighted by Gasteiger charge is -2.43. The predicted octanol–water partition coefficient (Wildman–Crippen LogP) is 6.53. The summed E-state index contributed by atoms with van der Waals surface area (Å²) < 4.78 is 41.1. The SMILES string of the molecule is CCCC(C)COC1[C@H]2OC3(CCCCC3)O[C@H]2C(OCC(C)CCC)[C@@H]2OC3(CCCCC3)O[C@@H]12. The van der Waals surface area contributed by atoms with Gasteiger partial charge in [0.1, 0.15) is 36.6 Å². The van der Waals surface area contributed by atoms with Gasteiger partial charge in [-0.3, -0.25) is 0 Å². The number of fused-ring (bicyclic) bond motifs is 2. The van der Waals surface area contributed by atoms with E-state index in [1.165, 1.54) is 38.5 Å². The lowest BCUT2D eigenvalue weighted by molar-refractivity contribution is -0.228. The average Bonchev–Trinajstić information content (AvgIpc) is 3.40. The Balaban J connectivity index is 1.41. The molecule has 2 heterocycles. The van der Waals surface area contributed by atoms with E-state index in [4.69, 9.17) is 28.4 Å². The van der Waals surface area contributed by atoms with Crippen molar-refractivity contribution >= 4 is 0 Å². The molecule has 2 aliphatic heterocycles. The molecule has 5 aliphatic rings. The summed E-state index contributed by atoms with van der Waals surface area (Å²) in [5.41, 5.74) is 0. The van der Waals surface area contributed by atoms with Crippen LogP contribution in [0.3, 0.4) is 0 Å². The molecule has 208 valence electrons. The van der Waals surface area contributed by atoms with Gasteiger partial charge in [0, 0.05) is 38.9 Å². The van der Waals surface area contributed by atoms with Crippen LogP contribution in [0.1, 0.15) is 118 Å². The molecule has 0 N–H and O–H groups in total. The molecule has 2 spiro atoms. The molecule has 6 heteroatoms. The third-order valence-electron chi connectivity index (χ3n) is 9.29. The Morgan fingerprint density at radius 3 is 1.22 bits per heavy atom. The van der Waals surface area contributed by atoms with E-state index in [0.717, 1.165) is 64.6 Å². The summed E-state index contributed by atoms with van der Waals surface area (Å²) in [5, 5.41) is 0. The number of hydrogen-bond acceptors (Lipinski definition) is 6. The summed E-state index contributed by atoms with van der Waals surface area (Å²) in [6, 6.07) is 0. The van der Waals surface area contributed by atoms with Gasteiger partial charge in [-0.1, -0.05) is 53.4 Å². The predicted molar refractivity (Wildman–Crippen MR) is 139 cm³/mol. The summed E-state index contributed by atoms with van der Waals surface area (Å²) >= 11 is 0. The number of ether oxygens (including phenoxy) is 6. The van der Waals surface area contributed by atoms with E-state index < -0.39 is 11.6 Å². The first-order valence-electron chi connectivity index (χ1n) is 15.4. The second kappa shape index (κ2) is 11.9. The molecule has 0 bridgehead atoms. The first kappa shape index (κ1) is 27.3. The van der Waals surface area contributed by atoms with Gasteiger partial charge in [0.05, 0.1) is 0 Å². The van der Waals surface area contributed by atoms with E-state index in [2.05, 4.69) is 27.7 Å². The Bertz CT molecular complexity index is 601. The second-order valence-electron chi connectivity index (χ2n) is 12.7. The first-order valence-corrected chi connectivity index (χ1v) is 15.4. The van der Waals surface area contributed by atoms with Crippen molar-refractivity contribution in [3.05, 3.63) is 0 Å². The highest BCUT2D eigenvalue weighted by Gasteiger charge is 2.66. The molecule has 0 radical (unpaired) electrons. The molecule has 6 nitrogen and oxygen atoms in total. The van der Waals surface area contributed by atoms with Crippen molar-refractivity contribution in [2.75, 3.05) is 13.2 Å². The normalized spacial score (nSPS) is 38.7. The molecule has 0 aromatic heterocycles. The molecular formula is C30H52O6. The minimum Gasteiger partial charge on any atom is -0.372 e. The van der Waals surface area contributed by atoms with Crippen molar-refractivity contribution in [3.63, 3.8) is 0 Å². The molecule has 3 aliphatic carbocycles. The van der Waals surface area contributed by atoms with E-state index >= 15 is 0 Å². The largest absolute Gasteiger partial charge is 0.372 e. The molecule has 3 saturated carbocycles. The molecule has 0 amide bonds. The van der Waals surface area contributed by atoms with Crippen molar-refractivity contribution in [1.82, 2.24) is 0 Å². The summed E-state index contributed by atoms with van der Waals surface area (Å²) in [6.07, 6.45) is 14.6. The average molecular weight is 509 g/mol. The smallest absolute Gasteiger partial charge is 0.169 e. The van der Waals surface area contributed by atoms with Crippen LogP contribution in [0.15, 0.2) is 0 Å². The highest BCUT2D eigenvalue weighted by molar-refractivity contribution is 5.10. The standard InChI is InChI=1S/C30H52O6/c1-5-13-21(3)19-31-23-25-27(35-29(33-25)15-9-7-10-16-29)24(32-20-22(4)14-6-2)28-26(23)34-30(36-28)17-11-8-12-18-30/h21-28H,5-20H2,1-4H3/t21?,22?,23?,24?,25-,26-,27-,28+/m0/s1. The highest BCUT2D eigenvalue weighted by atomic mass is 16.8. The van der Waals surface area contributed by atoms with E-state index in [9.17, 15) is 0 Å². The summed E-state index contributed by atoms with van der Waals surface area (Å²) in [6.45, 7) is 10.5. The van der Waals surface area contributed by atoms with Crippen LogP contribution in [0.5, 0.6) is 0 Å². The van der Waals surface area contributed by atoms with Crippen LogP contribution >= 0.6 is 0 Å². The Morgan fingerprint density at radius 2 is 0.917 bits per heavy atom. The van der Waals surface area contributed by atoms with Gasteiger partial charge in [-0.25, -0.2) is 0 Å². The van der Waals surface area contributed by atoms with Gasteiger partial charge >= 0.3 is 0 Å². The van der Waals surface area contributed by atoms with Crippen LogP contribution in [-0.4, -0.2) is 61.4 Å². The second-order valence-corrected chi connectivity index (χ2v) is 12.7. The van der Waals surface area contributed by atoms with Crippen molar-refractivity contribution < 1.29 is 28.4 Å². The lowest BCUT2D eigenvalue weighted by atomic mass is 9.84. The van der Waals surface area contributed by atoms with Gasteiger partial charge < -0.3 is 28.4 Å². The van der Waals surface area contributed by atoms with Crippen molar-refractivity contribution in [3.8, 4) is 0 Å². The van der Waals surface area contributed by atoms with Crippen LogP contribution in [0, 0.1) is 11.8 Å². The van der Waals surface area contributed by atoms with Gasteiger partial charge in [0.15, 0.2) is 11.6 Å². The van der Waals surface area contributed by atoms with Gasteiger partial charge in [0.25, 0.3) is 0 Å².